The monoisotopic (exact) mass is 220 g/mol. The van der Waals surface area contributed by atoms with Crippen LogP contribution in [0.2, 0.25) is 0 Å². The zero-order valence-electron chi connectivity index (χ0n) is 8.34. The van der Waals surface area contributed by atoms with Crippen LogP contribution in [-0.4, -0.2) is 25.2 Å². The van der Waals surface area contributed by atoms with Crippen molar-refractivity contribution >= 4 is 5.69 Å². The number of nitro benzene ring substituents is 1. The first-order valence-corrected chi connectivity index (χ1v) is 4.44. The van der Waals surface area contributed by atoms with Crippen LogP contribution in [0.25, 0.3) is 11.4 Å². The molecule has 1 aromatic heterocycles. The molecule has 0 saturated carbocycles. The minimum absolute atomic E-state index is 0.0930. The molecule has 0 radical (unpaired) electrons. The maximum absolute atomic E-state index is 10.6. The molecule has 2 aromatic rings. The fourth-order valence-electron chi connectivity index (χ4n) is 1.28. The number of hydrogen-bond acceptors (Lipinski definition) is 5. The summed E-state index contributed by atoms with van der Waals surface area (Å²) in [6, 6.07) is 3.70. The summed E-state index contributed by atoms with van der Waals surface area (Å²) in [4.78, 5) is 14.0. The minimum atomic E-state index is -0.539. The van der Waals surface area contributed by atoms with Crippen LogP contribution in [-0.2, 0) is 0 Å². The Kier molecular flexibility index (Phi) is 2.28. The van der Waals surface area contributed by atoms with Gasteiger partial charge in [-0.05, 0) is 13.0 Å². The Labute approximate surface area is 89.9 Å². The molecule has 82 valence electrons. The second-order valence-electron chi connectivity index (χ2n) is 3.20. The van der Waals surface area contributed by atoms with Crippen LogP contribution in [0.15, 0.2) is 18.2 Å². The van der Waals surface area contributed by atoms with E-state index >= 15 is 0 Å². The molecule has 0 saturated heterocycles. The van der Waals surface area contributed by atoms with Crippen LogP contribution in [0.1, 0.15) is 5.82 Å². The lowest BCUT2D eigenvalue weighted by Gasteiger charge is -1.99. The molecule has 1 aromatic carbocycles. The number of rotatable bonds is 2. The summed E-state index contributed by atoms with van der Waals surface area (Å²) < 4.78 is 0. The van der Waals surface area contributed by atoms with Crippen LogP contribution >= 0.6 is 0 Å². The van der Waals surface area contributed by atoms with Gasteiger partial charge in [0.2, 0.25) is 0 Å². The van der Waals surface area contributed by atoms with Gasteiger partial charge in [0.15, 0.2) is 5.82 Å². The standard InChI is InChI=1S/C9H8N4O3/c1-5-10-9(12-11-5)7-4-6(13(15)16)2-3-8(7)14/h2-4,14H,1H3,(H,10,11,12). The van der Waals surface area contributed by atoms with E-state index in [0.29, 0.717) is 5.82 Å². The Hall–Kier alpha value is -2.44. The SMILES string of the molecule is Cc1nc(-c2cc([N+](=O)[O-])ccc2O)n[nH]1. The Morgan fingerprint density at radius 3 is 2.81 bits per heavy atom. The van der Waals surface area contributed by atoms with Gasteiger partial charge in [0.1, 0.15) is 11.6 Å². The smallest absolute Gasteiger partial charge is 0.270 e. The average Bonchev–Trinajstić information content (AvgIpc) is 2.65. The van der Waals surface area contributed by atoms with Gasteiger partial charge in [0, 0.05) is 12.1 Å². The van der Waals surface area contributed by atoms with E-state index in [1.165, 1.54) is 18.2 Å². The van der Waals surface area contributed by atoms with Gasteiger partial charge in [-0.2, -0.15) is 5.10 Å². The molecule has 0 unspecified atom stereocenters. The number of aryl methyl sites for hydroxylation is 1. The predicted molar refractivity (Wildman–Crippen MR) is 54.9 cm³/mol. The molecule has 0 spiro atoms. The third kappa shape index (κ3) is 1.70. The molecule has 0 bridgehead atoms. The van der Waals surface area contributed by atoms with Gasteiger partial charge in [-0.1, -0.05) is 0 Å². The number of phenols is 1. The molecule has 0 aliphatic rings. The van der Waals surface area contributed by atoms with E-state index in [1.54, 1.807) is 6.92 Å². The van der Waals surface area contributed by atoms with Crippen LogP contribution in [0.5, 0.6) is 5.75 Å². The van der Waals surface area contributed by atoms with Gasteiger partial charge in [-0.25, -0.2) is 4.98 Å². The van der Waals surface area contributed by atoms with Crippen molar-refractivity contribution in [2.45, 2.75) is 6.92 Å². The van der Waals surface area contributed by atoms with Gasteiger partial charge in [0.25, 0.3) is 5.69 Å². The zero-order chi connectivity index (χ0) is 11.7. The third-order valence-corrected chi connectivity index (χ3v) is 2.03. The Morgan fingerprint density at radius 2 is 2.25 bits per heavy atom. The Bertz CT molecular complexity index is 549. The predicted octanol–water partition coefficient (Wildman–Crippen LogP) is 1.39. The highest BCUT2D eigenvalue weighted by molar-refractivity contribution is 5.66. The minimum Gasteiger partial charge on any atom is -0.507 e. The van der Waals surface area contributed by atoms with E-state index in [1.807, 2.05) is 0 Å². The molecular formula is C9H8N4O3. The molecule has 0 atom stereocenters. The van der Waals surface area contributed by atoms with E-state index in [2.05, 4.69) is 15.2 Å². The number of benzene rings is 1. The number of phenolic OH excluding ortho intramolecular Hbond substituents is 1. The second kappa shape index (κ2) is 3.61. The normalized spacial score (nSPS) is 10.3. The third-order valence-electron chi connectivity index (χ3n) is 2.03. The van der Waals surface area contributed by atoms with E-state index in [0.717, 1.165) is 0 Å². The van der Waals surface area contributed by atoms with Crippen molar-refractivity contribution in [3.63, 3.8) is 0 Å². The van der Waals surface area contributed by atoms with Gasteiger partial charge in [-0.3, -0.25) is 15.2 Å². The highest BCUT2D eigenvalue weighted by Gasteiger charge is 2.14. The van der Waals surface area contributed by atoms with E-state index in [4.69, 9.17) is 0 Å². The zero-order valence-corrected chi connectivity index (χ0v) is 8.34. The number of non-ortho nitro benzene ring substituents is 1. The molecule has 7 heteroatoms. The van der Waals surface area contributed by atoms with Gasteiger partial charge in [0.05, 0.1) is 10.5 Å². The number of aromatic amines is 1. The maximum atomic E-state index is 10.6. The number of nitrogens with one attached hydrogen (secondary N) is 1. The second-order valence-corrected chi connectivity index (χ2v) is 3.20. The van der Waals surface area contributed by atoms with Gasteiger partial charge >= 0.3 is 0 Å². The molecular weight excluding hydrogens is 212 g/mol. The highest BCUT2D eigenvalue weighted by Crippen LogP contribution is 2.29. The van der Waals surface area contributed by atoms with Crippen molar-refractivity contribution in [2.24, 2.45) is 0 Å². The van der Waals surface area contributed by atoms with Crippen molar-refractivity contribution in [1.82, 2.24) is 15.2 Å². The quantitative estimate of drug-likeness (QED) is 0.587. The molecule has 0 aliphatic heterocycles. The molecule has 7 nitrogen and oxygen atoms in total. The molecule has 1 heterocycles. The van der Waals surface area contributed by atoms with E-state index < -0.39 is 4.92 Å². The largest absolute Gasteiger partial charge is 0.507 e. The molecule has 0 fully saturated rings. The topological polar surface area (TPSA) is 105 Å². The van der Waals surface area contributed by atoms with Crippen molar-refractivity contribution in [3.05, 3.63) is 34.1 Å². The molecule has 2 rings (SSSR count). The van der Waals surface area contributed by atoms with Crippen LogP contribution in [0.4, 0.5) is 5.69 Å². The number of aromatic hydroxyl groups is 1. The van der Waals surface area contributed by atoms with Crippen molar-refractivity contribution in [2.75, 3.05) is 0 Å². The molecule has 0 amide bonds. The fraction of sp³-hybridized carbons (Fsp3) is 0.111. The van der Waals surface area contributed by atoms with Gasteiger partial charge < -0.3 is 5.11 Å². The maximum Gasteiger partial charge on any atom is 0.270 e. The van der Waals surface area contributed by atoms with Crippen molar-refractivity contribution < 1.29 is 10.0 Å². The number of nitrogens with zero attached hydrogens (tertiary/aromatic N) is 3. The molecule has 2 N–H and O–H groups in total. The fourth-order valence-corrected chi connectivity index (χ4v) is 1.28. The number of hydrogen-bond donors (Lipinski definition) is 2. The summed E-state index contributed by atoms with van der Waals surface area (Å²) in [6.45, 7) is 1.70. The average molecular weight is 220 g/mol. The van der Waals surface area contributed by atoms with Gasteiger partial charge in [-0.15, -0.1) is 0 Å². The summed E-state index contributed by atoms with van der Waals surface area (Å²) in [7, 11) is 0. The van der Waals surface area contributed by atoms with E-state index in [-0.39, 0.29) is 22.8 Å². The molecule has 16 heavy (non-hydrogen) atoms. The number of H-pyrrole nitrogens is 1. The first-order chi connectivity index (χ1) is 7.58. The summed E-state index contributed by atoms with van der Waals surface area (Å²) in [5.41, 5.74) is 0.119. The van der Waals surface area contributed by atoms with E-state index in [9.17, 15) is 15.2 Å². The number of nitro groups is 1. The Morgan fingerprint density at radius 1 is 1.50 bits per heavy atom. The summed E-state index contributed by atoms with van der Waals surface area (Å²) in [5, 5.41) is 26.6. The summed E-state index contributed by atoms with van der Waals surface area (Å²) >= 11 is 0. The first-order valence-electron chi connectivity index (χ1n) is 4.44. The Balaban J connectivity index is 2.55. The van der Waals surface area contributed by atoms with Crippen molar-refractivity contribution in [3.8, 4) is 17.1 Å². The van der Waals surface area contributed by atoms with Crippen LogP contribution in [0, 0.1) is 17.0 Å². The first kappa shape index (κ1) is 10.1. The summed E-state index contributed by atoms with van der Waals surface area (Å²) in [6.07, 6.45) is 0. The molecule has 0 aliphatic carbocycles. The van der Waals surface area contributed by atoms with Crippen LogP contribution in [0.3, 0.4) is 0 Å². The van der Waals surface area contributed by atoms with Crippen molar-refractivity contribution in [1.29, 1.82) is 0 Å². The number of aromatic nitrogens is 3. The summed E-state index contributed by atoms with van der Waals surface area (Å²) in [5.74, 6) is 0.712. The van der Waals surface area contributed by atoms with Crippen LogP contribution < -0.4 is 0 Å². The lowest BCUT2D eigenvalue weighted by molar-refractivity contribution is -0.384. The lowest BCUT2D eigenvalue weighted by atomic mass is 10.1. The highest BCUT2D eigenvalue weighted by atomic mass is 16.6. The lowest BCUT2D eigenvalue weighted by Crippen LogP contribution is -1.89.